The van der Waals surface area contributed by atoms with Gasteiger partial charge in [0.15, 0.2) is 0 Å². The van der Waals surface area contributed by atoms with Gasteiger partial charge in [-0.05, 0) is 68.1 Å². The highest BCUT2D eigenvalue weighted by Gasteiger charge is 2.29. The molecule has 25 heavy (non-hydrogen) atoms. The largest absolute Gasteiger partial charge is 0.465 e. The number of ether oxygens (including phenoxy) is 2. The molecule has 0 spiro atoms. The number of methoxy groups -OCH3 is 2. The number of carbonyl (C=O) groups is 2. The molecular formula is C18H17Br2NO4. The van der Waals surface area contributed by atoms with Crippen molar-refractivity contribution < 1.29 is 19.1 Å². The number of aryl methyl sites for hydroxylation is 1. The van der Waals surface area contributed by atoms with Crippen LogP contribution in [-0.2, 0) is 25.5 Å². The smallest absolute Gasteiger partial charge is 0.355 e. The number of halogens is 2. The van der Waals surface area contributed by atoms with Crippen molar-refractivity contribution in [2.45, 2.75) is 13.3 Å². The van der Waals surface area contributed by atoms with Gasteiger partial charge in [-0.3, -0.25) is 0 Å². The number of hydrogen-bond acceptors (Lipinski definition) is 5. The lowest BCUT2D eigenvalue weighted by atomic mass is 10.1. The first-order chi connectivity index (χ1) is 11.9. The van der Waals surface area contributed by atoms with Gasteiger partial charge in [0.1, 0.15) is 5.70 Å². The Bertz CT molecular complexity index is 773. The molecule has 0 bridgehead atoms. The topological polar surface area (TPSA) is 55.8 Å². The summed E-state index contributed by atoms with van der Waals surface area (Å²) >= 11 is 7.11. The van der Waals surface area contributed by atoms with Crippen molar-refractivity contribution in [1.82, 2.24) is 0 Å². The van der Waals surface area contributed by atoms with E-state index in [0.717, 1.165) is 20.9 Å². The van der Waals surface area contributed by atoms with Gasteiger partial charge in [0.25, 0.3) is 0 Å². The van der Waals surface area contributed by atoms with Gasteiger partial charge in [-0.15, -0.1) is 0 Å². The molecule has 0 atom stereocenters. The van der Waals surface area contributed by atoms with Gasteiger partial charge in [0.2, 0.25) is 0 Å². The molecule has 5 nitrogen and oxygen atoms in total. The highest BCUT2D eigenvalue weighted by Crippen LogP contribution is 2.39. The number of esters is 2. The van der Waals surface area contributed by atoms with Crippen LogP contribution in [0.15, 0.2) is 56.8 Å². The summed E-state index contributed by atoms with van der Waals surface area (Å²) in [6.45, 7) is 2.05. The normalized spacial score (nSPS) is 13.7. The fourth-order valence-corrected chi connectivity index (χ4v) is 4.05. The van der Waals surface area contributed by atoms with E-state index in [9.17, 15) is 9.59 Å². The monoisotopic (exact) mass is 469 g/mol. The summed E-state index contributed by atoms with van der Waals surface area (Å²) in [7, 11) is 2.54. The standard InChI is InChI=1S/C18H17Br2NO4/c1-4-11-9-13(19)16(14(20)10-11)21-8-6-5-7-12(17(22)24-2)15(21)18(23)25-3/h5-10H,4H2,1-3H3. The predicted molar refractivity (Wildman–Crippen MR) is 103 cm³/mol. The number of carbonyl (C=O) groups excluding carboxylic acids is 2. The Kier molecular flexibility index (Phi) is 6.61. The van der Waals surface area contributed by atoms with E-state index < -0.39 is 11.9 Å². The molecule has 1 aromatic rings. The van der Waals surface area contributed by atoms with Gasteiger partial charge in [-0.2, -0.15) is 0 Å². The summed E-state index contributed by atoms with van der Waals surface area (Å²) in [5.41, 5.74) is 1.98. The maximum absolute atomic E-state index is 12.5. The SMILES string of the molecule is CCc1cc(Br)c(N2C=CC=CC(C(=O)OC)=C2C(=O)OC)c(Br)c1. The van der Waals surface area contributed by atoms with Crippen LogP contribution in [-0.4, -0.2) is 26.2 Å². The number of nitrogens with zero attached hydrogens (tertiary/aromatic N) is 1. The summed E-state index contributed by atoms with van der Waals surface area (Å²) in [5.74, 6) is -1.27. The third-order valence-corrected chi connectivity index (χ3v) is 4.82. The van der Waals surface area contributed by atoms with Crippen LogP contribution >= 0.6 is 31.9 Å². The van der Waals surface area contributed by atoms with Gasteiger partial charge in [-0.25, -0.2) is 9.59 Å². The summed E-state index contributed by atoms with van der Waals surface area (Å²) < 4.78 is 11.3. The second-order valence-electron chi connectivity index (χ2n) is 5.08. The Morgan fingerprint density at radius 2 is 1.64 bits per heavy atom. The summed E-state index contributed by atoms with van der Waals surface area (Å²) in [4.78, 5) is 26.2. The highest BCUT2D eigenvalue weighted by atomic mass is 79.9. The molecule has 132 valence electrons. The fraction of sp³-hybridized carbons (Fsp3) is 0.222. The molecule has 0 saturated heterocycles. The van der Waals surface area contributed by atoms with Crippen LogP contribution in [0.1, 0.15) is 12.5 Å². The molecule has 0 saturated carbocycles. The number of allylic oxidation sites excluding steroid dienone is 2. The molecule has 1 aliphatic rings. The second-order valence-corrected chi connectivity index (χ2v) is 6.79. The summed E-state index contributed by atoms with van der Waals surface area (Å²) in [6.07, 6.45) is 7.47. The average Bonchev–Trinajstić information content (AvgIpc) is 2.82. The Morgan fingerprint density at radius 1 is 1.04 bits per heavy atom. The van der Waals surface area contributed by atoms with Crippen LogP contribution < -0.4 is 4.90 Å². The van der Waals surface area contributed by atoms with E-state index in [4.69, 9.17) is 9.47 Å². The van der Waals surface area contributed by atoms with Crippen LogP contribution in [0.25, 0.3) is 0 Å². The van der Waals surface area contributed by atoms with Crippen LogP contribution in [0.2, 0.25) is 0 Å². The van der Waals surface area contributed by atoms with E-state index in [0.29, 0.717) is 5.69 Å². The van der Waals surface area contributed by atoms with Crippen LogP contribution in [0.5, 0.6) is 0 Å². The lowest BCUT2D eigenvalue weighted by Crippen LogP contribution is -2.27. The minimum Gasteiger partial charge on any atom is -0.465 e. The van der Waals surface area contributed by atoms with Crippen molar-refractivity contribution >= 4 is 49.5 Å². The quantitative estimate of drug-likeness (QED) is 0.615. The molecule has 0 fully saturated rings. The molecule has 7 heteroatoms. The third-order valence-electron chi connectivity index (χ3n) is 3.62. The van der Waals surface area contributed by atoms with E-state index in [1.807, 2.05) is 12.1 Å². The first kappa shape index (κ1) is 19.5. The van der Waals surface area contributed by atoms with Crippen LogP contribution in [0.4, 0.5) is 5.69 Å². The predicted octanol–water partition coefficient (Wildman–Crippen LogP) is 4.26. The van der Waals surface area contributed by atoms with Gasteiger partial charge in [0.05, 0.1) is 25.5 Å². The molecule has 1 heterocycles. The molecule has 2 rings (SSSR count). The van der Waals surface area contributed by atoms with Gasteiger partial charge in [0, 0.05) is 15.1 Å². The first-order valence-corrected chi connectivity index (χ1v) is 9.06. The Morgan fingerprint density at radius 3 is 2.16 bits per heavy atom. The van der Waals surface area contributed by atoms with E-state index in [1.165, 1.54) is 20.3 Å². The molecular weight excluding hydrogens is 454 g/mol. The van der Waals surface area contributed by atoms with Crippen molar-refractivity contribution in [1.29, 1.82) is 0 Å². The number of anilines is 1. The lowest BCUT2D eigenvalue weighted by Gasteiger charge is -2.25. The van der Waals surface area contributed by atoms with Crippen molar-refractivity contribution in [2.75, 3.05) is 19.1 Å². The minimum absolute atomic E-state index is 0.0741. The van der Waals surface area contributed by atoms with E-state index in [2.05, 4.69) is 38.8 Å². The molecule has 1 aromatic carbocycles. The summed E-state index contributed by atoms with van der Waals surface area (Å²) in [5, 5.41) is 0. The highest BCUT2D eigenvalue weighted by molar-refractivity contribution is 9.11. The van der Waals surface area contributed by atoms with Gasteiger partial charge in [-0.1, -0.05) is 13.0 Å². The number of benzene rings is 1. The van der Waals surface area contributed by atoms with Crippen molar-refractivity contribution in [3.05, 3.63) is 62.3 Å². The van der Waals surface area contributed by atoms with Crippen molar-refractivity contribution in [2.24, 2.45) is 0 Å². The maximum atomic E-state index is 12.5. The number of hydrogen-bond donors (Lipinski definition) is 0. The average molecular weight is 471 g/mol. The molecule has 0 radical (unpaired) electrons. The van der Waals surface area contributed by atoms with Crippen molar-refractivity contribution in [3.8, 4) is 0 Å². The van der Waals surface area contributed by atoms with E-state index in [-0.39, 0.29) is 11.3 Å². The zero-order chi connectivity index (χ0) is 18.6. The molecule has 0 aliphatic carbocycles. The zero-order valence-electron chi connectivity index (χ0n) is 14.0. The second kappa shape index (κ2) is 8.49. The molecule has 0 unspecified atom stereocenters. The van der Waals surface area contributed by atoms with Gasteiger partial charge < -0.3 is 14.4 Å². The van der Waals surface area contributed by atoms with Crippen LogP contribution in [0.3, 0.4) is 0 Å². The van der Waals surface area contributed by atoms with E-state index >= 15 is 0 Å². The number of rotatable bonds is 4. The summed E-state index contributed by atoms with van der Waals surface area (Å²) in [6, 6.07) is 3.94. The van der Waals surface area contributed by atoms with Crippen LogP contribution in [0, 0.1) is 0 Å². The minimum atomic E-state index is -0.644. The molecule has 0 amide bonds. The lowest BCUT2D eigenvalue weighted by molar-refractivity contribution is -0.139. The maximum Gasteiger partial charge on any atom is 0.355 e. The fourth-order valence-electron chi connectivity index (χ4n) is 2.39. The Balaban J connectivity index is 2.74. The van der Waals surface area contributed by atoms with Gasteiger partial charge >= 0.3 is 11.9 Å². The third kappa shape index (κ3) is 4.04. The van der Waals surface area contributed by atoms with Crippen molar-refractivity contribution in [3.63, 3.8) is 0 Å². The Labute approximate surface area is 163 Å². The zero-order valence-corrected chi connectivity index (χ0v) is 17.2. The first-order valence-electron chi connectivity index (χ1n) is 7.47. The molecule has 0 N–H and O–H groups in total. The Hall–Kier alpha value is -1.86. The molecule has 1 aliphatic heterocycles. The molecule has 0 aromatic heterocycles. The van der Waals surface area contributed by atoms with E-state index in [1.54, 1.807) is 23.3 Å².